The first-order valence-electron chi connectivity index (χ1n) is 7.20. The van der Waals surface area contributed by atoms with Gasteiger partial charge in [0, 0.05) is 31.1 Å². The van der Waals surface area contributed by atoms with Crippen LogP contribution < -0.4 is 10.6 Å². The second kappa shape index (κ2) is 11.7. The van der Waals surface area contributed by atoms with Crippen molar-refractivity contribution in [3.05, 3.63) is 0 Å². The molecule has 2 N–H and O–H groups in total. The van der Waals surface area contributed by atoms with Crippen LogP contribution in [0.3, 0.4) is 0 Å². The number of hydrogen-bond donors (Lipinski definition) is 2. The summed E-state index contributed by atoms with van der Waals surface area (Å²) >= 11 is 1.93. The van der Waals surface area contributed by atoms with Crippen molar-refractivity contribution in [2.45, 2.75) is 30.6 Å². The van der Waals surface area contributed by atoms with E-state index in [0.29, 0.717) is 19.2 Å². The number of sulfone groups is 1. The zero-order chi connectivity index (χ0) is 15.7. The molecule has 6 nitrogen and oxygen atoms in total. The van der Waals surface area contributed by atoms with E-state index in [4.69, 9.17) is 4.74 Å². The van der Waals surface area contributed by atoms with Crippen molar-refractivity contribution in [1.82, 2.24) is 10.6 Å². The van der Waals surface area contributed by atoms with Gasteiger partial charge in [0.15, 0.2) is 5.96 Å². The van der Waals surface area contributed by atoms with Crippen LogP contribution in [-0.2, 0) is 14.6 Å². The molecule has 0 saturated heterocycles. The fraction of sp³-hybridized carbons (Fsp3) is 0.923. The molecule has 9 heteroatoms. The number of aliphatic imine (C=N–C) groups is 1. The lowest BCUT2D eigenvalue weighted by Crippen LogP contribution is -2.43. The van der Waals surface area contributed by atoms with Crippen LogP contribution in [0.4, 0.5) is 0 Å². The first kappa shape index (κ1) is 22.3. The Hall–Kier alpha value is 0.260. The molecule has 0 aromatic carbocycles. The molecular weight excluding hydrogens is 437 g/mol. The van der Waals surface area contributed by atoms with Crippen molar-refractivity contribution in [3.63, 3.8) is 0 Å². The van der Waals surface area contributed by atoms with E-state index >= 15 is 0 Å². The summed E-state index contributed by atoms with van der Waals surface area (Å²) in [6.07, 6.45) is 6.98. The van der Waals surface area contributed by atoms with E-state index in [1.165, 1.54) is 25.5 Å². The quantitative estimate of drug-likeness (QED) is 0.242. The highest BCUT2D eigenvalue weighted by Gasteiger charge is 2.24. The van der Waals surface area contributed by atoms with Gasteiger partial charge in [0.1, 0.15) is 9.84 Å². The van der Waals surface area contributed by atoms with Crippen LogP contribution in [0.5, 0.6) is 0 Å². The Bertz CT molecular complexity index is 432. The summed E-state index contributed by atoms with van der Waals surface area (Å²) < 4.78 is 27.2. The molecule has 1 aliphatic carbocycles. The van der Waals surface area contributed by atoms with E-state index in [9.17, 15) is 8.42 Å². The van der Waals surface area contributed by atoms with Crippen LogP contribution in [0.25, 0.3) is 0 Å². The highest BCUT2D eigenvalue weighted by molar-refractivity contribution is 14.0. The fourth-order valence-corrected chi connectivity index (χ4v) is 3.44. The maximum atomic E-state index is 10.9. The number of ether oxygens (including phenoxy) is 1. The van der Waals surface area contributed by atoms with Gasteiger partial charge in [-0.15, -0.1) is 24.0 Å². The van der Waals surface area contributed by atoms with E-state index in [1.807, 2.05) is 11.8 Å². The van der Waals surface area contributed by atoms with Crippen LogP contribution in [0, 0.1) is 0 Å². The summed E-state index contributed by atoms with van der Waals surface area (Å²) in [4.78, 5) is 4.20. The molecule has 1 rings (SSSR count). The molecule has 1 saturated carbocycles. The fourth-order valence-electron chi connectivity index (χ4n) is 2.23. The maximum Gasteiger partial charge on any atom is 0.191 e. The number of hydrogen-bond acceptors (Lipinski definition) is 5. The monoisotopic (exact) mass is 465 g/mol. The predicted octanol–water partition coefficient (Wildman–Crippen LogP) is 1.11. The van der Waals surface area contributed by atoms with Crippen LogP contribution in [-0.4, -0.2) is 70.7 Å². The lowest BCUT2D eigenvalue weighted by Gasteiger charge is -2.17. The van der Waals surface area contributed by atoms with Gasteiger partial charge in [-0.25, -0.2) is 8.42 Å². The minimum absolute atomic E-state index is 0. The summed E-state index contributed by atoms with van der Waals surface area (Å²) in [6.45, 7) is 1.32. The van der Waals surface area contributed by atoms with Crippen molar-refractivity contribution < 1.29 is 13.2 Å². The average Bonchev–Trinajstić information content (AvgIpc) is 2.87. The lowest BCUT2D eigenvalue weighted by molar-refractivity contribution is 0.154. The van der Waals surface area contributed by atoms with Crippen molar-refractivity contribution >= 4 is 51.5 Å². The van der Waals surface area contributed by atoms with Crippen LogP contribution >= 0.6 is 35.7 Å². The van der Waals surface area contributed by atoms with Crippen molar-refractivity contribution in [3.8, 4) is 0 Å². The first-order chi connectivity index (χ1) is 9.94. The minimum Gasteiger partial charge on any atom is -0.379 e. The van der Waals surface area contributed by atoms with Crippen LogP contribution in [0.2, 0.25) is 0 Å². The van der Waals surface area contributed by atoms with Gasteiger partial charge in [0.25, 0.3) is 0 Å². The molecule has 22 heavy (non-hydrogen) atoms. The van der Waals surface area contributed by atoms with Crippen LogP contribution in [0.15, 0.2) is 4.99 Å². The summed E-state index contributed by atoms with van der Waals surface area (Å²) in [5.74, 6) is 0.853. The second-order valence-electron chi connectivity index (χ2n) is 5.25. The number of nitrogens with zero attached hydrogens (tertiary/aromatic N) is 1. The van der Waals surface area contributed by atoms with Crippen molar-refractivity contribution in [2.24, 2.45) is 4.99 Å². The van der Waals surface area contributed by atoms with Crippen molar-refractivity contribution in [2.75, 3.05) is 45.1 Å². The van der Waals surface area contributed by atoms with Gasteiger partial charge < -0.3 is 15.4 Å². The van der Waals surface area contributed by atoms with Gasteiger partial charge >= 0.3 is 0 Å². The van der Waals surface area contributed by atoms with E-state index in [-0.39, 0.29) is 36.3 Å². The van der Waals surface area contributed by atoms with Gasteiger partial charge in [-0.2, -0.15) is 11.8 Å². The topological polar surface area (TPSA) is 79.8 Å². The SMILES string of the molecule is CN=C(NCCOCCS(C)(=O)=O)NC1CCC(SC)C1.I. The van der Waals surface area contributed by atoms with Crippen molar-refractivity contribution in [1.29, 1.82) is 0 Å². The molecule has 2 unspecified atom stereocenters. The third-order valence-corrected chi connectivity index (χ3v) is 5.42. The number of halogens is 1. The highest BCUT2D eigenvalue weighted by atomic mass is 127. The average molecular weight is 465 g/mol. The number of rotatable bonds is 8. The molecule has 132 valence electrons. The number of nitrogens with one attached hydrogen (secondary N) is 2. The number of guanidine groups is 1. The Balaban J connectivity index is 0.00000441. The third kappa shape index (κ3) is 10.1. The zero-order valence-corrected chi connectivity index (χ0v) is 17.5. The minimum atomic E-state index is -2.94. The molecule has 0 heterocycles. The highest BCUT2D eigenvalue weighted by Crippen LogP contribution is 2.27. The van der Waals surface area contributed by atoms with E-state index < -0.39 is 9.84 Å². The van der Waals surface area contributed by atoms with E-state index in [2.05, 4.69) is 21.9 Å². The lowest BCUT2D eigenvalue weighted by atomic mass is 10.2. The normalized spacial score (nSPS) is 22.2. The molecule has 0 spiro atoms. The van der Waals surface area contributed by atoms with Gasteiger partial charge in [0.05, 0.1) is 19.0 Å². The predicted molar refractivity (Wildman–Crippen MR) is 105 cm³/mol. The molecule has 0 aromatic rings. The molecule has 1 aliphatic rings. The molecule has 0 amide bonds. The van der Waals surface area contributed by atoms with E-state index in [1.54, 1.807) is 7.05 Å². The van der Waals surface area contributed by atoms with Gasteiger partial charge in [-0.1, -0.05) is 0 Å². The third-order valence-electron chi connectivity index (χ3n) is 3.42. The molecule has 0 aliphatic heterocycles. The molecule has 1 fully saturated rings. The second-order valence-corrected chi connectivity index (χ2v) is 8.65. The largest absolute Gasteiger partial charge is 0.379 e. The van der Waals surface area contributed by atoms with Gasteiger partial charge in [-0.05, 0) is 25.5 Å². The molecule has 0 aromatic heterocycles. The summed E-state index contributed by atoms with van der Waals surface area (Å²) in [5.41, 5.74) is 0. The molecule has 2 atom stereocenters. The molecular formula is C13H28IN3O3S2. The standard InChI is InChI=1S/C13H27N3O3S2.HI/c1-14-13(16-11-4-5-12(10-11)20-2)15-6-7-19-8-9-21(3,17)18;/h11-12H,4-10H2,1-3H3,(H2,14,15,16);1H. The van der Waals surface area contributed by atoms with Gasteiger partial charge in [0.2, 0.25) is 0 Å². The summed E-state index contributed by atoms with van der Waals surface area (Å²) in [6, 6.07) is 0.486. The molecule has 0 bridgehead atoms. The Morgan fingerprint density at radius 3 is 2.64 bits per heavy atom. The Morgan fingerprint density at radius 2 is 2.09 bits per heavy atom. The number of thioether (sulfide) groups is 1. The summed E-state index contributed by atoms with van der Waals surface area (Å²) in [5, 5.41) is 7.35. The Kier molecular flexibility index (Phi) is 11.9. The Morgan fingerprint density at radius 1 is 1.36 bits per heavy atom. The molecule has 0 radical (unpaired) electrons. The summed E-state index contributed by atoms with van der Waals surface area (Å²) in [7, 11) is -1.19. The Labute approximate surface area is 155 Å². The van der Waals surface area contributed by atoms with E-state index in [0.717, 1.165) is 11.2 Å². The van der Waals surface area contributed by atoms with Gasteiger partial charge in [-0.3, -0.25) is 4.99 Å². The smallest absolute Gasteiger partial charge is 0.191 e. The first-order valence-corrected chi connectivity index (χ1v) is 10.5. The van der Waals surface area contributed by atoms with Crippen LogP contribution in [0.1, 0.15) is 19.3 Å². The zero-order valence-electron chi connectivity index (χ0n) is 13.5. The maximum absolute atomic E-state index is 10.9.